The Morgan fingerprint density at radius 1 is 1.27 bits per heavy atom. The molecule has 22 heavy (non-hydrogen) atoms. The van der Waals surface area contributed by atoms with Crippen molar-refractivity contribution in [1.82, 2.24) is 14.9 Å². The minimum Gasteiger partial charge on any atom is -0.347 e. The zero-order valence-corrected chi connectivity index (χ0v) is 13.4. The molecular weight excluding hydrogens is 294 g/mol. The first kappa shape index (κ1) is 14.7. The van der Waals surface area contributed by atoms with Crippen LogP contribution in [0.2, 0.25) is 0 Å². The number of nitrogens with zero attached hydrogens (tertiary/aromatic N) is 2. The highest BCUT2D eigenvalue weighted by Gasteiger charge is 2.12. The summed E-state index contributed by atoms with van der Waals surface area (Å²) in [5.74, 6) is -0.0763. The fourth-order valence-corrected chi connectivity index (χ4v) is 2.82. The van der Waals surface area contributed by atoms with Gasteiger partial charge in [-0.25, -0.2) is 0 Å². The van der Waals surface area contributed by atoms with E-state index in [1.54, 1.807) is 24.2 Å². The summed E-state index contributed by atoms with van der Waals surface area (Å²) in [6.07, 6.45) is 5.55. The topological polar surface area (TPSA) is 46.9 Å². The molecule has 0 aliphatic heterocycles. The van der Waals surface area contributed by atoms with E-state index in [9.17, 15) is 4.79 Å². The van der Waals surface area contributed by atoms with Crippen molar-refractivity contribution in [1.29, 1.82) is 0 Å². The Balaban J connectivity index is 1.74. The number of carbonyl (C=O) groups excluding carboxylic acids is 1. The summed E-state index contributed by atoms with van der Waals surface area (Å²) in [6.45, 7) is 0.521. The van der Waals surface area contributed by atoms with Gasteiger partial charge in [0.15, 0.2) is 0 Å². The smallest absolute Gasteiger partial charge is 0.268 e. The zero-order chi connectivity index (χ0) is 15.5. The first-order valence-electron chi connectivity index (χ1n) is 6.99. The lowest BCUT2D eigenvalue weighted by Gasteiger charge is -2.07. The summed E-state index contributed by atoms with van der Waals surface area (Å²) in [5.41, 5.74) is 2.69. The van der Waals surface area contributed by atoms with Gasteiger partial charge in [0.1, 0.15) is 5.69 Å². The molecule has 3 rings (SSSR count). The average molecular weight is 311 g/mol. The number of thioether (sulfide) groups is 1. The number of nitrogens with one attached hydrogen (secondary N) is 1. The maximum absolute atomic E-state index is 12.4. The number of hydrogen-bond acceptors (Lipinski definition) is 3. The molecule has 0 radical (unpaired) electrons. The third-order valence-corrected chi connectivity index (χ3v) is 4.44. The van der Waals surface area contributed by atoms with Crippen LogP contribution >= 0.6 is 11.8 Å². The third-order valence-electron chi connectivity index (χ3n) is 3.69. The van der Waals surface area contributed by atoms with Crippen LogP contribution in [0.3, 0.4) is 0 Å². The van der Waals surface area contributed by atoms with Crippen molar-refractivity contribution in [3.05, 3.63) is 60.0 Å². The molecule has 0 fully saturated rings. The van der Waals surface area contributed by atoms with Gasteiger partial charge in [-0.15, -0.1) is 11.8 Å². The highest BCUT2D eigenvalue weighted by molar-refractivity contribution is 7.98. The number of rotatable bonds is 4. The minimum atomic E-state index is -0.0763. The van der Waals surface area contributed by atoms with Crippen LogP contribution in [0.1, 0.15) is 16.1 Å². The highest BCUT2D eigenvalue weighted by atomic mass is 32.2. The zero-order valence-electron chi connectivity index (χ0n) is 12.5. The van der Waals surface area contributed by atoms with Crippen molar-refractivity contribution in [2.24, 2.45) is 7.05 Å². The highest BCUT2D eigenvalue weighted by Crippen LogP contribution is 2.18. The number of pyridine rings is 1. The van der Waals surface area contributed by atoms with Crippen molar-refractivity contribution in [3.63, 3.8) is 0 Å². The molecular formula is C17H17N3OS. The molecule has 0 atom stereocenters. The summed E-state index contributed by atoms with van der Waals surface area (Å²) in [7, 11) is 1.88. The van der Waals surface area contributed by atoms with Gasteiger partial charge in [-0.05, 0) is 36.1 Å². The summed E-state index contributed by atoms with van der Waals surface area (Å²) in [4.78, 5) is 17.7. The largest absolute Gasteiger partial charge is 0.347 e. The lowest BCUT2D eigenvalue weighted by Crippen LogP contribution is -2.24. The van der Waals surface area contributed by atoms with E-state index < -0.39 is 0 Å². The standard InChI is InChI=1S/C17H17N3OS/c1-20-15(9-13-7-8-18-11-16(13)20)17(21)19-10-12-3-5-14(22-2)6-4-12/h3-9,11H,10H2,1-2H3,(H,19,21). The molecule has 0 spiro atoms. The number of hydrogen-bond donors (Lipinski definition) is 1. The molecule has 0 saturated carbocycles. The predicted octanol–water partition coefficient (Wildman–Crippen LogP) is 3.23. The fourth-order valence-electron chi connectivity index (χ4n) is 2.41. The van der Waals surface area contributed by atoms with Gasteiger partial charge in [-0.3, -0.25) is 9.78 Å². The van der Waals surface area contributed by atoms with Crippen molar-refractivity contribution >= 4 is 28.6 Å². The number of aryl methyl sites for hydroxylation is 1. The molecule has 0 aliphatic rings. The lowest BCUT2D eigenvalue weighted by molar-refractivity contribution is 0.0943. The van der Waals surface area contributed by atoms with Gasteiger partial charge in [0.2, 0.25) is 0 Å². The Bertz CT molecular complexity index is 808. The van der Waals surface area contributed by atoms with Crippen molar-refractivity contribution in [2.45, 2.75) is 11.4 Å². The molecule has 2 heterocycles. The van der Waals surface area contributed by atoms with Gasteiger partial charge in [0.05, 0.1) is 11.7 Å². The predicted molar refractivity (Wildman–Crippen MR) is 90.1 cm³/mol. The molecule has 2 aromatic heterocycles. The van der Waals surface area contributed by atoms with E-state index in [1.807, 2.05) is 42.1 Å². The van der Waals surface area contributed by atoms with Crippen LogP contribution in [0.25, 0.3) is 10.9 Å². The van der Waals surface area contributed by atoms with E-state index >= 15 is 0 Å². The second-order valence-corrected chi connectivity index (χ2v) is 5.93. The second-order valence-electron chi connectivity index (χ2n) is 5.05. The Hall–Kier alpha value is -2.27. The van der Waals surface area contributed by atoms with Gasteiger partial charge in [0.25, 0.3) is 5.91 Å². The Morgan fingerprint density at radius 2 is 2.05 bits per heavy atom. The summed E-state index contributed by atoms with van der Waals surface area (Å²) < 4.78 is 1.87. The first-order valence-corrected chi connectivity index (χ1v) is 8.22. The monoisotopic (exact) mass is 311 g/mol. The number of amides is 1. The van der Waals surface area contributed by atoms with E-state index in [1.165, 1.54) is 4.90 Å². The van der Waals surface area contributed by atoms with Gasteiger partial charge < -0.3 is 9.88 Å². The Labute approximate surface area is 133 Å². The average Bonchev–Trinajstić information content (AvgIpc) is 2.90. The van der Waals surface area contributed by atoms with Gasteiger partial charge in [-0.2, -0.15) is 0 Å². The van der Waals surface area contributed by atoms with E-state index in [2.05, 4.69) is 22.4 Å². The van der Waals surface area contributed by atoms with Crippen LogP contribution in [0.15, 0.2) is 53.7 Å². The van der Waals surface area contributed by atoms with Crippen LogP contribution in [0.5, 0.6) is 0 Å². The maximum atomic E-state index is 12.4. The van der Waals surface area contributed by atoms with Gasteiger partial charge in [-0.1, -0.05) is 12.1 Å². The van der Waals surface area contributed by atoms with E-state index in [-0.39, 0.29) is 5.91 Å². The van der Waals surface area contributed by atoms with Crippen molar-refractivity contribution in [3.8, 4) is 0 Å². The number of carbonyl (C=O) groups is 1. The van der Waals surface area contributed by atoms with E-state index in [4.69, 9.17) is 0 Å². The van der Waals surface area contributed by atoms with Crippen LogP contribution < -0.4 is 5.32 Å². The number of fused-ring (bicyclic) bond motifs is 1. The van der Waals surface area contributed by atoms with Crippen molar-refractivity contribution < 1.29 is 4.79 Å². The SMILES string of the molecule is CSc1ccc(CNC(=O)c2cc3ccncc3n2C)cc1. The van der Waals surface area contributed by atoms with E-state index in [0.29, 0.717) is 12.2 Å². The maximum Gasteiger partial charge on any atom is 0.268 e. The van der Waals surface area contributed by atoms with Gasteiger partial charge >= 0.3 is 0 Å². The van der Waals surface area contributed by atoms with Crippen LogP contribution in [-0.4, -0.2) is 21.7 Å². The molecule has 112 valence electrons. The molecule has 4 nitrogen and oxygen atoms in total. The molecule has 0 saturated heterocycles. The molecule has 5 heteroatoms. The molecule has 1 amide bonds. The Kier molecular flexibility index (Phi) is 4.15. The molecule has 0 bridgehead atoms. The number of benzene rings is 1. The molecule has 1 aromatic carbocycles. The van der Waals surface area contributed by atoms with Crippen LogP contribution in [0.4, 0.5) is 0 Å². The summed E-state index contributed by atoms with van der Waals surface area (Å²) in [6, 6.07) is 12.0. The van der Waals surface area contributed by atoms with Crippen LogP contribution in [0, 0.1) is 0 Å². The minimum absolute atomic E-state index is 0.0763. The third kappa shape index (κ3) is 2.85. The molecule has 3 aromatic rings. The van der Waals surface area contributed by atoms with Crippen molar-refractivity contribution in [2.75, 3.05) is 6.26 Å². The normalized spacial score (nSPS) is 10.8. The van der Waals surface area contributed by atoms with Crippen LogP contribution in [-0.2, 0) is 13.6 Å². The summed E-state index contributed by atoms with van der Waals surface area (Å²) in [5, 5.41) is 3.99. The molecule has 0 unspecified atom stereocenters. The summed E-state index contributed by atoms with van der Waals surface area (Å²) >= 11 is 1.71. The second kappa shape index (κ2) is 6.23. The molecule has 0 aliphatic carbocycles. The molecule has 1 N–H and O–H groups in total. The van der Waals surface area contributed by atoms with E-state index in [0.717, 1.165) is 16.5 Å². The van der Waals surface area contributed by atoms with Gasteiger partial charge in [0, 0.05) is 30.1 Å². The lowest BCUT2D eigenvalue weighted by atomic mass is 10.2. The number of aromatic nitrogens is 2. The quantitative estimate of drug-likeness (QED) is 0.753. The fraction of sp³-hybridized carbons (Fsp3) is 0.176. The first-order chi connectivity index (χ1) is 10.7. The Morgan fingerprint density at radius 3 is 2.73 bits per heavy atom.